The van der Waals surface area contributed by atoms with Crippen LogP contribution in [0.4, 0.5) is 14.5 Å². The molecule has 0 N–H and O–H groups in total. The average Bonchev–Trinajstić information content (AvgIpc) is 2.89. The topological polar surface area (TPSA) is 61.6 Å². The highest BCUT2D eigenvalue weighted by Crippen LogP contribution is 2.41. The SMILES string of the molecule is C[C@@H](COC(c1ccccc1)(c1ccccc1)c1ccccc1)Oc1c([N+](=O)[O-])ccc(F)c1F. The first kappa shape index (κ1) is 24.0. The van der Waals surface area contributed by atoms with Crippen molar-refractivity contribution in [2.45, 2.75) is 18.6 Å². The number of benzene rings is 4. The molecule has 178 valence electrons. The predicted molar refractivity (Wildman–Crippen MR) is 128 cm³/mol. The average molecular weight is 475 g/mol. The molecule has 0 saturated heterocycles. The molecule has 0 aromatic heterocycles. The van der Waals surface area contributed by atoms with Crippen molar-refractivity contribution in [1.29, 1.82) is 0 Å². The normalized spacial score (nSPS) is 12.2. The van der Waals surface area contributed by atoms with Crippen LogP contribution in [0.15, 0.2) is 103 Å². The Balaban J connectivity index is 1.73. The van der Waals surface area contributed by atoms with E-state index in [2.05, 4.69) is 0 Å². The standard InChI is InChI=1S/C28H23F2NO4/c1-20(35-27-25(31(32)33)18-17-24(29)26(27)30)19-34-28(21-11-5-2-6-12-21,22-13-7-3-8-14-22)23-15-9-4-10-16-23/h2-18,20H,19H2,1H3/t20-/m0/s1. The Morgan fingerprint density at radius 3 is 1.69 bits per heavy atom. The Kier molecular flexibility index (Phi) is 7.17. The second-order valence-corrected chi connectivity index (χ2v) is 7.99. The van der Waals surface area contributed by atoms with Crippen LogP contribution in [0.2, 0.25) is 0 Å². The largest absolute Gasteiger partial charge is 0.479 e. The van der Waals surface area contributed by atoms with Crippen LogP contribution >= 0.6 is 0 Å². The molecule has 0 amide bonds. The molecular weight excluding hydrogens is 452 g/mol. The van der Waals surface area contributed by atoms with Gasteiger partial charge in [-0.3, -0.25) is 10.1 Å². The zero-order valence-corrected chi connectivity index (χ0v) is 18.9. The van der Waals surface area contributed by atoms with E-state index in [9.17, 15) is 18.9 Å². The molecule has 35 heavy (non-hydrogen) atoms. The van der Waals surface area contributed by atoms with Gasteiger partial charge in [0.2, 0.25) is 11.6 Å². The molecule has 4 rings (SSSR count). The maximum atomic E-state index is 14.4. The summed E-state index contributed by atoms with van der Waals surface area (Å²) in [5, 5.41) is 11.3. The molecular formula is C28H23F2NO4. The van der Waals surface area contributed by atoms with Gasteiger partial charge in [-0.05, 0) is 29.7 Å². The van der Waals surface area contributed by atoms with E-state index in [1.165, 1.54) is 0 Å². The highest BCUT2D eigenvalue weighted by atomic mass is 19.2. The van der Waals surface area contributed by atoms with Crippen LogP contribution in [0.3, 0.4) is 0 Å². The molecule has 0 unspecified atom stereocenters. The maximum absolute atomic E-state index is 14.4. The minimum Gasteiger partial charge on any atom is -0.479 e. The molecule has 0 heterocycles. The van der Waals surface area contributed by atoms with E-state index in [-0.39, 0.29) is 6.61 Å². The fraction of sp³-hybridized carbons (Fsp3) is 0.143. The smallest absolute Gasteiger partial charge is 0.314 e. The van der Waals surface area contributed by atoms with E-state index in [1.54, 1.807) is 6.92 Å². The van der Waals surface area contributed by atoms with Gasteiger partial charge in [0, 0.05) is 6.07 Å². The molecule has 0 bridgehead atoms. The first-order valence-electron chi connectivity index (χ1n) is 11.0. The van der Waals surface area contributed by atoms with Gasteiger partial charge in [-0.2, -0.15) is 4.39 Å². The van der Waals surface area contributed by atoms with Crippen LogP contribution in [0.25, 0.3) is 0 Å². The number of rotatable bonds is 9. The molecule has 0 aliphatic rings. The third-order valence-electron chi connectivity index (χ3n) is 5.62. The van der Waals surface area contributed by atoms with E-state index in [1.807, 2.05) is 91.0 Å². The third-order valence-corrected chi connectivity index (χ3v) is 5.62. The van der Waals surface area contributed by atoms with Gasteiger partial charge >= 0.3 is 5.69 Å². The van der Waals surface area contributed by atoms with Gasteiger partial charge in [-0.1, -0.05) is 91.0 Å². The van der Waals surface area contributed by atoms with Crippen LogP contribution in [-0.4, -0.2) is 17.6 Å². The number of nitro groups is 1. The third kappa shape index (κ3) is 4.90. The molecule has 0 spiro atoms. The number of nitro benzene ring substituents is 1. The second kappa shape index (κ2) is 10.4. The number of nitrogens with zero attached hydrogens (tertiary/aromatic N) is 1. The van der Waals surface area contributed by atoms with Gasteiger partial charge in [0.05, 0.1) is 11.5 Å². The Morgan fingerprint density at radius 2 is 1.26 bits per heavy atom. The second-order valence-electron chi connectivity index (χ2n) is 7.99. The maximum Gasteiger partial charge on any atom is 0.314 e. The summed E-state index contributed by atoms with van der Waals surface area (Å²) >= 11 is 0. The molecule has 4 aromatic carbocycles. The number of ether oxygens (including phenoxy) is 2. The molecule has 5 nitrogen and oxygen atoms in total. The summed E-state index contributed by atoms with van der Waals surface area (Å²) in [5.74, 6) is -3.40. The van der Waals surface area contributed by atoms with Crippen LogP contribution in [0, 0.1) is 21.7 Å². The van der Waals surface area contributed by atoms with Crippen molar-refractivity contribution >= 4 is 5.69 Å². The molecule has 0 aliphatic heterocycles. The van der Waals surface area contributed by atoms with Crippen molar-refractivity contribution in [3.63, 3.8) is 0 Å². The molecule has 1 atom stereocenters. The van der Waals surface area contributed by atoms with E-state index in [4.69, 9.17) is 9.47 Å². The fourth-order valence-corrected chi connectivity index (χ4v) is 4.02. The highest BCUT2D eigenvalue weighted by Gasteiger charge is 2.38. The zero-order chi connectivity index (χ0) is 24.8. The van der Waals surface area contributed by atoms with E-state index >= 15 is 0 Å². The van der Waals surface area contributed by atoms with Crippen molar-refractivity contribution in [2.24, 2.45) is 0 Å². The van der Waals surface area contributed by atoms with Crippen molar-refractivity contribution in [2.75, 3.05) is 6.61 Å². The lowest BCUT2D eigenvalue weighted by atomic mass is 9.80. The molecule has 0 radical (unpaired) electrons. The van der Waals surface area contributed by atoms with E-state index in [0.717, 1.165) is 22.8 Å². The number of hydrogen-bond acceptors (Lipinski definition) is 4. The van der Waals surface area contributed by atoms with Crippen LogP contribution in [0.5, 0.6) is 5.75 Å². The van der Waals surface area contributed by atoms with Gasteiger partial charge < -0.3 is 9.47 Å². The quantitative estimate of drug-likeness (QED) is 0.154. The first-order valence-corrected chi connectivity index (χ1v) is 11.0. The van der Waals surface area contributed by atoms with Crippen molar-refractivity contribution in [3.8, 4) is 5.75 Å². The molecule has 4 aromatic rings. The highest BCUT2D eigenvalue weighted by molar-refractivity contribution is 5.48. The number of halogens is 2. The van der Waals surface area contributed by atoms with E-state index < -0.39 is 39.7 Å². The monoisotopic (exact) mass is 475 g/mol. The van der Waals surface area contributed by atoms with Crippen molar-refractivity contribution < 1.29 is 23.2 Å². The Morgan fingerprint density at radius 1 is 0.800 bits per heavy atom. The Bertz CT molecular complexity index is 1190. The predicted octanol–water partition coefficient (Wildman–Crippen LogP) is 6.65. The summed E-state index contributed by atoms with van der Waals surface area (Å²) in [7, 11) is 0. The van der Waals surface area contributed by atoms with Gasteiger partial charge in [-0.15, -0.1) is 0 Å². The van der Waals surface area contributed by atoms with Gasteiger partial charge in [0.1, 0.15) is 11.7 Å². The summed E-state index contributed by atoms with van der Waals surface area (Å²) in [4.78, 5) is 10.5. The van der Waals surface area contributed by atoms with Gasteiger partial charge in [0.25, 0.3) is 0 Å². The molecule has 7 heteroatoms. The van der Waals surface area contributed by atoms with Gasteiger partial charge in [-0.25, -0.2) is 4.39 Å². The summed E-state index contributed by atoms with van der Waals surface area (Å²) in [6.45, 7) is 1.51. The minimum absolute atomic E-state index is 0.0776. The summed E-state index contributed by atoms with van der Waals surface area (Å²) in [6, 6.07) is 30.4. The molecule has 0 saturated carbocycles. The molecule has 0 aliphatic carbocycles. The molecule has 0 fully saturated rings. The fourth-order valence-electron chi connectivity index (χ4n) is 4.02. The first-order chi connectivity index (χ1) is 16.9. The van der Waals surface area contributed by atoms with Gasteiger partial charge in [0.15, 0.2) is 5.82 Å². The summed E-state index contributed by atoms with van der Waals surface area (Å²) in [6.07, 6.45) is -0.847. The summed E-state index contributed by atoms with van der Waals surface area (Å²) < 4.78 is 40.3. The summed E-state index contributed by atoms with van der Waals surface area (Å²) in [5.41, 5.74) is 0.858. The lowest BCUT2D eigenvalue weighted by Crippen LogP contribution is -2.36. The zero-order valence-electron chi connectivity index (χ0n) is 18.9. The van der Waals surface area contributed by atoms with Crippen LogP contribution in [-0.2, 0) is 10.3 Å². The Labute approximate surface area is 201 Å². The van der Waals surface area contributed by atoms with Crippen LogP contribution < -0.4 is 4.74 Å². The van der Waals surface area contributed by atoms with Crippen LogP contribution in [0.1, 0.15) is 23.6 Å². The Hall–Kier alpha value is -4.10. The lowest BCUT2D eigenvalue weighted by Gasteiger charge is -2.36. The lowest BCUT2D eigenvalue weighted by molar-refractivity contribution is -0.386. The minimum atomic E-state index is -1.41. The van der Waals surface area contributed by atoms with Crippen molar-refractivity contribution in [1.82, 2.24) is 0 Å². The van der Waals surface area contributed by atoms with Crippen molar-refractivity contribution in [3.05, 3.63) is 142 Å². The van der Waals surface area contributed by atoms with E-state index in [0.29, 0.717) is 6.07 Å². The number of hydrogen-bond donors (Lipinski definition) is 0.